The van der Waals surface area contributed by atoms with Crippen LogP contribution in [0.4, 0.5) is 4.79 Å². The fourth-order valence-corrected chi connectivity index (χ4v) is 5.20. The highest BCUT2D eigenvalue weighted by atomic mass is 35.5. The van der Waals surface area contributed by atoms with Gasteiger partial charge in [0.15, 0.2) is 0 Å². The first-order valence-corrected chi connectivity index (χ1v) is 13.3. The third kappa shape index (κ3) is 5.33. The third-order valence-electron chi connectivity index (χ3n) is 6.76. The first kappa shape index (κ1) is 25.6. The summed E-state index contributed by atoms with van der Waals surface area (Å²) < 4.78 is 6.04. The molecular weight excluding hydrogens is 507 g/mol. The minimum atomic E-state index is -0.369. The molecule has 2 aliphatic rings. The highest BCUT2D eigenvalue weighted by molar-refractivity contribution is 6.30. The molecule has 2 unspecified atom stereocenters. The van der Waals surface area contributed by atoms with E-state index in [-0.39, 0.29) is 18.1 Å². The van der Waals surface area contributed by atoms with Gasteiger partial charge in [-0.25, -0.2) is 4.79 Å². The number of benzene rings is 3. The number of nitrogens with zero attached hydrogens (tertiary/aromatic N) is 3. The van der Waals surface area contributed by atoms with E-state index in [1.165, 1.54) is 0 Å². The minimum Gasteiger partial charge on any atom is -0.493 e. The summed E-state index contributed by atoms with van der Waals surface area (Å²) in [6, 6.07) is 20.6. The number of urea groups is 1. The Balaban J connectivity index is 1.69. The zero-order valence-electron chi connectivity index (χ0n) is 21.0. The Morgan fingerprint density at radius 2 is 1.59 bits per heavy atom. The van der Waals surface area contributed by atoms with Gasteiger partial charge in [-0.15, -0.1) is 0 Å². The van der Waals surface area contributed by atoms with Crippen LogP contribution in [-0.2, 0) is 0 Å². The maximum Gasteiger partial charge on any atom is 0.326 e. The van der Waals surface area contributed by atoms with Gasteiger partial charge >= 0.3 is 6.03 Å². The second kappa shape index (κ2) is 11.1. The molecule has 2 heterocycles. The summed E-state index contributed by atoms with van der Waals surface area (Å²) in [5, 5.41) is 4.63. The summed E-state index contributed by atoms with van der Waals surface area (Å²) in [4.78, 5) is 23.2. The predicted molar refractivity (Wildman–Crippen MR) is 149 cm³/mol. The molecule has 3 aromatic rings. The number of nitrogens with one attached hydrogen (secondary N) is 1. The molecule has 1 N–H and O–H groups in total. The molecule has 0 bridgehead atoms. The zero-order chi connectivity index (χ0) is 25.9. The summed E-state index contributed by atoms with van der Waals surface area (Å²) in [5.41, 5.74) is 3.81. The molecule has 8 heteroatoms. The van der Waals surface area contributed by atoms with Crippen molar-refractivity contribution in [3.63, 3.8) is 0 Å². The van der Waals surface area contributed by atoms with Gasteiger partial charge in [-0.1, -0.05) is 53.5 Å². The van der Waals surface area contributed by atoms with Crippen molar-refractivity contribution < 1.29 is 9.53 Å². The van der Waals surface area contributed by atoms with E-state index in [0.29, 0.717) is 41.3 Å². The number of rotatable bonds is 5. The maximum atomic E-state index is 14.3. The third-order valence-corrected chi connectivity index (χ3v) is 7.27. The lowest BCUT2D eigenvalue weighted by molar-refractivity contribution is 0.157. The van der Waals surface area contributed by atoms with Gasteiger partial charge in [-0.3, -0.25) is 9.89 Å². The molecule has 3 aromatic carbocycles. The molecule has 37 heavy (non-hydrogen) atoms. The van der Waals surface area contributed by atoms with Crippen LogP contribution in [0.1, 0.15) is 41.3 Å². The lowest BCUT2D eigenvalue weighted by atomic mass is 9.93. The highest BCUT2D eigenvalue weighted by Gasteiger charge is 2.44. The Morgan fingerprint density at radius 1 is 0.973 bits per heavy atom. The molecule has 2 aliphatic heterocycles. The van der Waals surface area contributed by atoms with Gasteiger partial charge in [0, 0.05) is 36.2 Å². The van der Waals surface area contributed by atoms with Gasteiger partial charge in [0.05, 0.1) is 18.2 Å². The number of piperazine rings is 1. The molecule has 0 saturated carbocycles. The molecule has 192 valence electrons. The van der Waals surface area contributed by atoms with Crippen molar-refractivity contribution in [3.8, 4) is 5.75 Å². The van der Waals surface area contributed by atoms with Crippen molar-refractivity contribution in [1.29, 1.82) is 0 Å². The van der Waals surface area contributed by atoms with Crippen molar-refractivity contribution >= 4 is 35.1 Å². The van der Waals surface area contributed by atoms with Crippen molar-refractivity contribution in [2.75, 3.05) is 32.8 Å². The molecule has 5 rings (SSSR count). The summed E-state index contributed by atoms with van der Waals surface area (Å²) in [7, 11) is 0. The van der Waals surface area contributed by atoms with Gasteiger partial charge in [-0.2, -0.15) is 0 Å². The Morgan fingerprint density at radius 3 is 2.22 bits per heavy atom. The molecule has 0 spiro atoms. The summed E-state index contributed by atoms with van der Waals surface area (Å²) in [5.74, 6) is 1.32. The molecule has 0 aliphatic carbocycles. The summed E-state index contributed by atoms with van der Waals surface area (Å²) >= 11 is 12.5. The first-order chi connectivity index (χ1) is 18.0. The number of carbonyl (C=O) groups excluding carboxylic acids is 1. The molecular formula is C29H30Cl2N4O2. The van der Waals surface area contributed by atoms with Crippen LogP contribution in [-0.4, -0.2) is 54.5 Å². The van der Waals surface area contributed by atoms with E-state index in [1.54, 1.807) is 0 Å². The molecule has 2 atom stereocenters. The standard InChI is InChI=1S/C29H30Cl2N4O2/c1-3-37-25-18-19(2)4-13-24(25)28-33-26(20-5-9-22(30)10-6-20)27(21-7-11-23(31)12-8-21)35(28)29(36)34-16-14-32-15-17-34/h4-13,18,26-27,32H,3,14-17H2,1-2H3. The van der Waals surface area contributed by atoms with E-state index in [1.807, 2.05) is 90.4 Å². The number of aryl methyl sites for hydroxylation is 1. The van der Waals surface area contributed by atoms with E-state index in [4.69, 9.17) is 32.9 Å². The molecule has 1 fully saturated rings. The van der Waals surface area contributed by atoms with Crippen LogP contribution in [0.2, 0.25) is 10.0 Å². The normalized spacial score (nSPS) is 19.6. The zero-order valence-corrected chi connectivity index (χ0v) is 22.5. The second-order valence-electron chi connectivity index (χ2n) is 9.27. The van der Waals surface area contributed by atoms with Crippen LogP contribution in [0.25, 0.3) is 0 Å². The van der Waals surface area contributed by atoms with Gasteiger partial charge < -0.3 is 15.0 Å². The molecule has 6 nitrogen and oxygen atoms in total. The summed E-state index contributed by atoms with van der Waals surface area (Å²) in [6.45, 7) is 7.27. The van der Waals surface area contributed by atoms with E-state index < -0.39 is 0 Å². The maximum absolute atomic E-state index is 14.3. The van der Waals surface area contributed by atoms with Crippen molar-refractivity contribution in [3.05, 3.63) is 99.0 Å². The van der Waals surface area contributed by atoms with E-state index in [2.05, 4.69) is 5.32 Å². The average molecular weight is 537 g/mol. The predicted octanol–water partition coefficient (Wildman–Crippen LogP) is 6.27. The number of hydrogen-bond donors (Lipinski definition) is 1. The van der Waals surface area contributed by atoms with E-state index in [9.17, 15) is 4.79 Å². The lowest BCUT2D eigenvalue weighted by Crippen LogP contribution is -2.53. The number of halogens is 2. The quantitative estimate of drug-likeness (QED) is 0.418. The highest BCUT2D eigenvalue weighted by Crippen LogP contribution is 2.45. The fourth-order valence-electron chi connectivity index (χ4n) is 4.95. The van der Waals surface area contributed by atoms with Crippen molar-refractivity contribution in [2.24, 2.45) is 4.99 Å². The van der Waals surface area contributed by atoms with Gasteiger partial charge in [0.2, 0.25) is 0 Å². The van der Waals surface area contributed by atoms with E-state index >= 15 is 0 Å². The minimum absolute atomic E-state index is 0.0697. The van der Waals surface area contributed by atoms with E-state index in [0.717, 1.165) is 35.3 Å². The molecule has 0 radical (unpaired) electrons. The first-order valence-electron chi connectivity index (χ1n) is 12.6. The van der Waals surface area contributed by atoms with Gasteiger partial charge in [0.25, 0.3) is 0 Å². The lowest BCUT2D eigenvalue weighted by Gasteiger charge is -2.36. The molecule has 1 saturated heterocycles. The number of aliphatic imine (C=N–C) groups is 1. The topological polar surface area (TPSA) is 57.2 Å². The van der Waals surface area contributed by atoms with Gasteiger partial charge in [-0.05, 0) is 66.9 Å². The Kier molecular flexibility index (Phi) is 7.70. The monoisotopic (exact) mass is 536 g/mol. The smallest absolute Gasteiger partial charge is 0.326 e. The summed E-state index contributed by atoms with van der Waals surface area (Å²) in [6.07, 6.45) is 0. The van der Waals surface area contributed by atoms with Crippen LogP contribution >= 0.6 is 23.2 Å². The van der Waals surface area contributed by atoms with Crippen LogP contribution in [0, 0.1) is 6.92 Å². The Bertz CT molecular complexity index is 1290. The average Bonchev–Trinajstić information content (AvgIpc) is 3.30. The van der Waals surface area contributed by atoms with Crippen molar-refractivity contribution in [1.82, 2.24) is 15.1 Å². The number of ether oxygens (including phenoxy) is 1. The van der Waals surface area contributed by atoms with Crippen molar-refractivity contribution in [2.45, 2.75) is 25.9 Å². The van der Waals surface area contributed by atoms with Crippen LogP contribution < -0.4 is 10.1 Å². The SMILES string of the molecule is CCOc1cc(C)ccc1C1=NC(c2ccc(Cl)cc2)C(c2ccc(Cl)cc2)N1C(=O)N1CCNCC1. The Labute approximate surface area is 227 Å². The van der Waals surface area contributed by atoms with Gasteiger partial charge in [0.1, 0.15) is 17.6 Å². The Hall–Kier alpha value is -3.06. The number of amides is 2. The van der Waals surface area contributed by atoms with Crippen LogP contribution in [0.3, 0.4) is 0 Å². The van der Waals surface area contributed by atoms with Crippen LogP contribution in [0.15, 0.2) is 71.7 Å². The number of amidine groups is 1. The molecule has 0 aromatic heterocycles. The fraction of sp³-hybridized carbons (Fsp3) is 0.310. The molecule has 2 amide bonds. The number of hydrogen-bond acceptors (Lipinski definition) is 4. The van der Waals surface area contributed by atoms with Crippen LogP contribution in [0.5, 0.6) is 5.75 Å². The largest absolute Gasteiger partial charge is 0.493 e. The number of carbonyl (C=O) groups is 1. The second-order valence-corrected chi connectivity index (χ2v) is 10.1.